The van der Waals surface area contributed by atoms with Crippen LogP contribution in [0.15, 0.2) is 24.4 Å². The maximum absolute atomic E-state index is 11.7. The molecular weight excluding hydrogens is 260 g/mol. The molecule has 3 rings (SSSR count). The molecule has 0 aliphatic heterocycles. The lowest BCUT2D eigenvalue weighted by Crippen LogP contribution is -2.04. The Morgan fingerprint density at radius 2 is 2.26 bits per heavy atom. The molecule has 0 fully saturated rings. The third kappa shape index (κ3) is 2.00. The fourth-order valence-corrected chi connectivity index (χ4v) is 3.14. The summed E-state index contributed by atoms with van der Waals surface area (Å²) >= 11 is 1.59. The molecule has 0 saturated carbocycles. The molecule has 1 aromatic carbocycles. The van der Waals surface area contributed by atoms with Crippen molar-refractivity contribution in [2.75, 3.05) is 6.61 Å². The number of carbonyl (C=O) groups excluding carboxylic acids is 1. The number of aromatic nitrogens is 2. The second kappa shape index (κ2) is 4.66. The summed E-state index contributed by atoms with van der Waals surface area (Å²) < 4.78 is 8.11. The zero-order valence-corrected chi connectivity index (χ0v) is 11.7. The quantitative estimate of drug-likeness (QED) is 0.688. The fraction of sp³-hybridized carbons (Fsp3) is 0.286. The molecule has 0 aliphatic rings. The van der Waals surface area contributed by atoms with E-state index in [1.165, 1.54) is 10.3 Å². The molecule has 0 bridgehead atoms. The van der Waals surface area contributed by atoms with Gasteiger partial charge in [-0.05, 0) is 31.0 Å². The number of ether oxygens (including phenoxy) is 1. The van der Waals surface area contributed by atoms with Gasteiger partial charge < -0.3 is 4.74 Å². The summed E-state index contributed by atoms with van der Waals surface area (Å²) in [4.78, 5) is 16.8. The second-order valence-corrected chi connectivity index (χ2v) is 5.27. The zero-order valence-electron chi connectivity index (χ0n) is 10.8. The van der Waals surface area contributed by atoms with Gasteiger partial charge >= 0.3 is 5.97 Å². The van der Waals surface area contributed by atoms with Crippen LogP contribution in [-0.4, -0.2) is 22.0 Å². The van der Waals surface area contributed by atoms with Gasteiger partial charge in [-0.3, -0.25) is 4.40 Å². The molecule has 2 aromatic heterocycles. The Bertz CT molecular complexity index is 757. The van der Waals surface area contributed by atoms with Gasteiger partial charge in [-0.1, -0.05) is 24.3 Å². The van der Waals surface area contributed by atoms with Crippen molar-refractivity contribution in [3.05, 3.63) is 35.7 Å². The molecule has 0 radical (unpaired) electrons. The highest BCUT2D eigenvalue weighted by Crippen LogP contribution is 2.27. The summed E-state index contributed by atoms with van der Waals surface area (Å²) in [6, 6.07) is 6.37. The van der Waals surface area contributed by atoms with Gasteiger partial charge in [0.1, 0.15) is 0 Å². The third-order valence-corrected chi connectivity index (χ3v) is 4.07. The van der Waals surface area contributed by atoms with E-state index in [0.29, 0.717) is 12.3 Å². The number of nitrogens with zero attached hydrogens (tertiary/aromatic N) is 2. The number of rotatable bonds is 3. The number of fused-ring (bicyclic) bond motifs is 3. The van der Waals surface area contributed by atoms with Crippen LogP contribution in [0.25, 0.3) is 15.2 Å². The number of hydrogen-bond donors (Lipinski definition) is 0. The van der Waals surface area contributed by atoms with Crippen molar-refractivity contribution in [1.29, 1.82) is 0 Å². The molecule has 0 N–H and O–H groups in total. The van der Waals surface area contributed by atoms with Crippen molar-refractivity contribution in [1.82, 2.24) is 9.38 Å². The number of hydrogen-bond acceptors (Lipinski definition) is 4. The van der Waals surface area contributed by atoms with E-state index in [9.17, 15) is 4.79 Å². The van der Waals surface area contributed by atoms with E-state index in [-0.39, 0.29) is 5.97 Å². The Balaban J connectivity index is 2.12. The number of benzene rings is 1. The summed E-state index contributed by atoms with van der Waals surface area (Å²) in [6.45, 7) is 4.29. The van der Waals surface area contributed by atoms with Gasteiger partial charge in [0.2, 0.25) is 0 Å². The summed E-state index contributed by atoms with van der Waals surface area (Å²) in [5.41, 5.74) is 2.76. The molecule has 0 spiro atoms. The molecular formula is C14H14N2O2S. The Kier molecular flexibility index (Phi) is 2.98. The normalized spacial score (nSPS) is 11.3. The monoisotopic (exact) mass is 274 g/mol. The topological polar surface area (TPSA) is 43.6 Å². The molecule has 3 aromatic rings. The van der Waals surface area contributed by atoms with Crippen molar-refractivity contribution in [3.63, 3.8) is 0 Å². The van der Waals surface area contributed by atoms with Crippen LogP contribution in [0.2, 0.25) is 0 Å². The van der Waals surface area contributed by atoms with Gasteiger partial charge in [-0.25, -0.2) is 9.78 Å². The molecule has 0 saturated heterocycles. The molecule has 0 aliphatic carbocycles. The van der Waals surface area contributed by atoms with E-state index in [4.69, 9.17) is 4.74 Å². The lowest BCUT2D eigenvalue weighted by Gasteiger charge is -1.97. The van der Waals surface area contributed by atoms with Crippen LogP contribution in [0.4, 0.5) is 0 Å². The predicted molar refractivity (Wildman–Crippen MR) is 75.9 cm³/mol. The number of thiazole rings is 1. The van der Waals surface area contributed by atoms with Crippen molar-refractivity contribution >= 4 is 32.5 Å². The van der Waals surface area contributed by atoms with Gasteiger partial charge in [-0.2, -0.15) is 0 Å². The lowest BCUT2D eigenvalue weighted by molar-refractivity contribution is 0.0520. The van der Waals surface area contributed by atoms with Gasteiger partial charge in [0.05, 0.1) is 16.8 Å². The maximum Gasteiger partial charge on any atom is 0.358 e. The fourth-order valence-electron chi connectivity index (χ4n) is 2.07. The highest BCUT2D eigenvalue weighted by molar-refractivity contribution is 7.23. The van der Waals surface area contributed by atoms with Gasteiger partial charge in [0.15, 0.2) is 10.7 Å². The number of esters is 1. The Morgan fingerprint density at radius 1 is 1.42 bits per heavy atom. The molecule has 2 heterocycles. The summed E-state index contributed by atoms with van der Waals surface area (Å²) in [6.07, 6.45) is 2.77. The summed E-state index contributed by atoms with van der Waals surface area (Å²) in [5, 5.41) is 0. The number of imidazole rings is 1. The second-order valence-electron chi connectivity index (χ2n) is 4.26. The minimum absolute atomic E-state index is 0.364. The van der Waals surface area contributed by atoms with Crippen LogP contribution in [0.5, 0.6) is 0 Å². The summed E-state index contributed by atoms with van der Waals surface area (Å²) in [7, 11) is 0. The first-order valence-electron chi connectivity index (χ1n) is 6.30. The van der Waals surface area contributed by atoms with Crippen LogP contribution in [-0.2, 0) is 11.2 Å². The largest absolute Gasteiger partial charge is 0.461 e. The van der Waals surface area contributed by atoms with Crippen molar-refractivity contribution < 1.29 is 9.53 Å². The Morgan fingerprint density at radius 3 is 3.00 bits per heavy atom. The standard InChI is InChI=1S/C14H14N2O2S/c1-3-9-5-6-11-12(7-9)19-14-15-10(8-16(11)14)13(17)18-4-2/h5-8H,3-4H2,1-2H3. The van der Waals surface area contributed by atoms with E-state index in [1.54, 1.807) is 24.5 Å². The van der Waals surface area contributed by atoms with Gasteiger partial charge in [0, 0.05) is 6.20 Å². The van der Waals surface area contributed by atoms with Gasteiger partial charge in [0.25, 0.3) is 0 Å². The number of carbonyl (C=O) groups is 1. The Labute approximate surface area is 114 Å². The first-order chi connectivity index (χ1) is 9.22. The maximum atomic E-state index is 11.7. The third-order valence-electron chi connectivity index (χ3n) is 3.05. The van der Waals surface area contributed by atoms with Crippen LogP contribution in [0.3, 0.4) is 0 Å². The van der Waals surface area contributed by atoms with Crippen LogP contribution in [0, 0.1) is 0 Å². The minimum Gasteiger partial charge on any atom is -0.461 e. The molecule has 0 atom stereocenters. The first-order valence-corrected chi connectivity index (χ1v) is 7.12. The van der Waals surface area contributed by atoms with E-state index >= 15 is 0 Å². The van der Waals surface area contributed by atoms with E-state index < -0.39 is 0 Å². The first kappa shape index (κ1) is 12.2. The minimum atomic E-state index is -0.364. The average molecular weight is 274 g/mol. The van der Waals surface area contributed by atoms with Crippen LogP contribution in [0.1, 0.15) is 29.9 Å². The van der Waals surface area contributed by atoms with Crippen LogP contribution < -0.4 is 0 Å². The molecule has 5 heteroatoms. The van der Waals surface area contributed by atoms with Gasteiger partial charge in [-0.15, -0.1) is 0 Å². The Hall–Kier alpha value is -1.88. The van der Waals surface area contributed by atoms with Crippen molar-refractivity contribution in [2.24, 2.45) is 0 Å². The molecule has 98 valence electrons. The lowest BCUT2D eigenvalue weighted by atomic mass is 10.2. The van der Waals surface area contributed by atoms with Crippen molar-refractivity contribution in [3.8, 4) is 0 Å². The predicted octanol–water partition coefficient (Wildman–Crippen LogP) is 3.29. The highest BCUT2D eigenvalue weighted by atomic mass is 32.1. The summed E-state index contributed by atoms with van der Waals surface area (Å²) in [5.74, 6) is -0.364. The van der Waals surface area contributed by atoms with Crippen molar-refractivity contribution in [2.45, 2.75) is 20.3 Å². The van der Waals surface area contributed by atoms with E-state index in [0.717, 1.165) is 16.9 Å². The molecule has 19 heavy (non-hydrogen) atoms. The van der Waals surface area contributed by atoms with Crippen LogP contribution >= 0.6 is 11.3 Å². The highest BCUT2D eigenvalue weighted by Gasteiger charge is 2.14. The molecule has 4 nitrogen and oxygen atoms in total. The smallest absolute Gasteiger partial charge is 0.358 e. The SMILES string of the molecule is CCOC(=O)c1cn2c(n1)sc1cc(CC)ccc12. The molecule has 0 amide bonds. The van der Waals surface area contributed by atoms with E-state index in [1.807, 2.05) is 4.40 Å². The van der Waals surface area contributed by atoms with E-state index in [2.05, 4.69) is 30.1 Å². The zero-order chi connectivity index (χ0) is 13.4. The molecule has 0 unspecified atom stereocenters. The average Bonchev–Trinajstić information content (AvgIpc) is 2.95. The number of aryl methyl sites for hydroxylation is 1.